The molecule has 3 aromatic heterocycles. The molecule has 180 valence electrons. The number of nitrogens with two attached hydrogens (primary N) is 1. The van der Waals surface area contributed by atoms with Crippen LogP contribution >= 0.6 is 0 Å². The van der Waals surface area contributed by atoms with Gasteiger partial charge in [-0.1, -0.05) is 18.1 Å². The summed E-state index contributed by atoms with van der Waals surface area (Å²) in [5.41, 5.74) is 8.39. The first-order chi connectivity index (χ1) is 17.7. The van der Waals surface area contributed by atoms with Gasteiger partial charge in [0.1, 0.15) is 30.8 Å². The minimum Gasteiger partial charge on any atom is -0.507 e. The zero-order valence-electron chi connectivity index (χ0n) is 19.4. The van der Waals surface area contributed by atoms with E-state index >= 15 is 0 Å². The van der Waals surface area contributed by atoms with Crippen LogP contribution in [-0.2, 0) is 6.54 Å². The van der Waals surface area contributed by atoms with E-state index < -0.39 is 0 Å². The monoisotopic (exact) mass is 480 g/mol. The third-order valence-corrected chi connectivity index (χ3v) is 6.61. The van der Waals surface area contributed by atoms with Gasteiger partial charge in [0.2, 0.25) is 5.82 Å². The van der Waals surface area contributed by atoms with Crippen molar-refractivity contribution in [1.29, 1.82) is 0 Å². The highest BCUT2D eigenvalue weighted by Crippen LogP contribution is 2.40. The topological polar surface area (TPSA) is 135 Å². The second kappa shape index (κ2) is 9.14. The lowest BCUT2D eigenvalue weighted by molar-refractivity contribution is 0.477. The van der Waals surface area contributed by atoms with Crippen LogP contribution in [0.2, 0.25) is 0 Å². The number of phenolic OH excluding ortho intramolecular Hbond substituents is 1. The summed E-state index contributed by atoms with van der Waals surface area (Å²) >= 11 is 0. The largest absolute Gasteiger partial charge is 0.507 e. The van der Waals surface area contributed by atoms with Crippen LogP contribution in [0, 0.1) is 11.8 Å². The van der Waals surface area contributed by atoms with E-state index in [4.69, 9.17) is 10.7 Å². The lowest BCUT2D eigenvalue weighted by Gasteiger charge is -2.43. The number of nitrogen functional groups attached to an aromatic ring is 1. The van der Waals surface area contributed by atoms with Crippen LogP contribution < -0.4 is 15.5 Å². The number of piperazine rings is 1. The molecule has 2 aliphatic heterocycles. The van der Waals surface area contributed by atoms with Crippen molar-refractivity contribution in [2.45, 2.75) is 31.5 Å². The van der Waals surface area contributed by atoms with Gasteiger partial charge in [-0.25, -0.2) is 19.6 Å². The Labute approximate surface area is 207 Å². The average Bonchev–Trinajstić information content (AvgIpc) is 3.50. The van der Waals surface area contributed by atoms with Crippen molar-refractivity contribution in [3.05, 3.63) is 61.1 Å². The van der Waals surface area contributed by atoms with E-state index in [-0.39, 0.29) is 17.8 Å². The zero-order valence-corrected chi connectivity index (χ0v) is 19.4. The molecule has 0 saturated carbocycles. The molecule has 0 aliphatic carbocycles. The number of anilines is 3. The zero-order chi connectivity index (χ0) is 24.5. The number of fused-ring (bicyclic) bond motifs is 2. The first kappa shape index (κ1) is 21.8. The Balaban J connectivity index is 1.22. The molecule has 2 bridgehead atoms. The van der Waals surface area contributed by atoms with Gasteiger partial charge in [0.15, 0.2) is 5.82 Å². The fourth-order valence-electron chi connectivity index (χ4n) is 5.00. The van der Waals surface area contributed by atoms with Crippen molar-refractivity contribution in [1.82, 2.24) is 34.9 Å². The third-order valence-electron chi connectivity index (χ3n) is 6.61. The Bertz CT molecular complexity index is 1430. The highest BCUT2D eigenvalue weighted by molar-refractivity contribution is 5.75. The number of para-hydroxylation sites is 1. The van der Waals surface area contributed by atoms with Crippen LogP contribution in [0.15, 0.2) is 55.2 Å². The van der Waals surface area contributed by atoms with E-state index in [1.807, 2.05) is 24.3 Å². The summed E-state index contributed by atoms with van der Waals surface area (Å²) in [6.07, 6.45) is 6.95. The standard InChI is InChI=1S/C25H24N10O/c26-25-21(12-20(31-32-25)19-4-1-2-5-22(19)36)35-17-7-8-18(35)14-33(13-17)24-9-10-28-23(30-24)6-3-11-34-16-27-15-29-34/h1-2,4-5,9-10,12,15-18,36H,7-8,11,13-14H2,(H2,26,32). The van der Waals surface area contributed by atoms with Crippen molar-refractivity contribution in [2.75, 3.05) is 28.6 Å². The van der Waals surface area contributed by atoms with Gasteiger partial charge in [0.05, 0.1) is 11.4 Å². The van der Waals surface area contributed by atoms with Crippen molar-refractivity contribution >= 4 is 17.3 Å². The number of phenols is 1. The molecule has 0 radical (unpaired) electrons. The van der Waals surface area contributed by atoms with Gasteiger partial charge in [0.25, 0.3) is 0 Å². The molecular formula is C25H24N10O. The SMILES string of the molecule is Nc1nnc(-c2ccccc2O)cc1N1C2CCC1CN(c1ccnc(C#CCn3cncn3)n1)C2. The molecule has 2 atom stereocenters. The maximum Gasteiger partial charge on any atom is 0.206 e. The van der Waals surface area contributed by atoms with Gasteiger partial charge >= 0.3 is 0 Å². The molecular weight excluding hydrogens is 456 g/mol. The quantitative estimate of drug-likeness (QED) is 0.416. The number of benzene rings is 1. The Hall–Kier alpha value is -4.72. The maximum atomic E-state index is 10.3. The number of aromatic nitrogens is 7. The van der Waals surface area contributed by atoms with E-state index in [1.54, 1.807) is 29.3 Å². The highest BCUT2D eigenvalue weighted by atomic mass is 16.3. The molecule has 2 fully saturated rings. The molecule has 5 heterocycles. The number of aromatic hydroxyl groups is 1. The van der Waals surface area contributed by atoms with E-state index in [1.165, 1.54) is 6.33 Å². The van der Waals surface area contributed by atoms with Gasteiger partial charge in [-0.15, -0.1) is 10.2 Å². The summed E-state index contributed by atoms with van der Waals surface area (Å²) in [5.74, 6) is 7.96. The Morgan fingerprint density at radius 1 is 1.08 bits per heavy atom. The minimum atomic E-state index is 0.166. The van der Waals surface area contributed by atoms with Crippen molar-refractivity contribution < 1.29 is 5.11 Å². The fraction of sp³-hybridized carbons (Fsp3) is 0.280. The lowest BCUT2D eigenvalue weighted by Crippen LogP contribution is -2.54. The summed E-state index contributed by atoms with van der Waals surface area (Å²) in [6.45, 7) is 2.03. The lowest BCUT2D eigenvalue weighted by atomic mass is 10.1. The number of rotatable bonds is 4. The summed E-state index contributed by atoms with van der Waals surface area (Å²) in [5, 5.41) is 22.8. The van der Waals surface area contributed by atoms with Crippen LogP contribution in [-0.4, -0.2) is 65.2 Å². The van der Waals surface area contributed by atoms with Gasteiger partial charge in [0, 0.05) is 36.9 Å². The fourth-order valence-corrected chi connectivity index (χ4v) is 5.00. The van der Waals surface area contributed by atoms with Gasteiger partial charge < -0.3 is 20.6 Å². The number of hydrogen-bond donors (Lipinski definition) is 2. The molecule has 11 nitrogen and oxygen atoms in total. The molecule has 0 amide bonds. The second-order valence-corrected chi connectivity index (χ2v) is 8.85. The normalized spacial score (nSPS) is 18.7. The second-order valence-electron chi connectivity index (χ2n) is 8.85. The third kappa shape index (κ3) is 4.13. The first-order valence-electron chi connectivity index (χ1n) is 11.7. The van der Waals surface area contributed by atoms with Gasteiger partial charge in [-0.3, -0.25) is 0 Å². The van der Waals surface area contributed by atoms with Crippen LogP contribution in [0.4, 0.5) is 17.3 Å². The average molecular weight is 481 g/mol. The van der Waals surface area contributed by atoms with E-state index in [0.29, 0.717) is 29.4 Å². The predicted molar refractivity (Wildman–Crippen MR) is 134 cm³/mol. The van der Waals surface area contributed by atoms with Crippen molar-refractivity contribution in [2.24, 2.45) is 0 Å². The molecule has 6 rings (SSSR count). The van der Waals surface area contributed by atoms with Crippen LogP contribution in [0.25, 0.3) is 11.3 Å². The predicted octanol–water partition coefficient (Wildman–Crippen LogP) is 1.72. The molecule has 4 aromatic rings. The molecule has 2 unspecified atom stereocenters. The summed E-state index contributed by atoms with van der Waals surface area (Å²) in [6, 6.07) is 11.5. The molecule has 3 N–H and O–H groups in total. The maximum absolute atomic E-state index is 10.3. The smallest absolute Gasteiger partial charge is 0.206 e. The minimum absolute atomic E-state index is 0.166. The van der Waals surface area contributed by atoms with E-state index in [0.717, 1.165) is 37.4 Å². The summed E-state index contributed by atoms with van der Waals surface area (Å²) in [4.78, 5) is 17.6. The van der Waals surface area contributed by atoms with Gasteiger partial charge in [-0.2, -0.15) is 5.10 Å². The van der Waals surface area contributed by atoms with E-state index in [2.05, 4.69) is 46.9 Å². The molecule has 2 saturated heterocycles. The van der Waals surface area contributed by atoms with E-state index in [9.17, 15) is 5.11 Å². The van der Waals surface area contributed by atoms with Crippen molar-refractivity contribution in [3.8, 4) is 28.8 Å². The van der Waals surface area contributed by atoms with Crippen molar-refractivity contribution in [3.63, 3.8) is 0 Å². The molecule has 1 aromatic carbocycles. The van der Waals surface area contributed by atoms with Gasteiger partial charge in [-0.05, 0) is 43.0 Å². The van der Waals surface area contributed by atoms with Crippen LogP contribution in [0.3, 0.4) is 0 Å². The van der Waals surface area contributed by atoms with Crippen LogP contribution in [0.1, 0.15) is 18.7 Å². The molecule has 36 heavy (non-hydrogen) atoms. The Kier molecular flexibility index (Phi) is 5.53. The Morgan fingerprint density at radius 3 is 2.69 bits per heavy atom. The first-order valence-corrected chi connectivity index (χ1v) is 11.7. The molecule has 2 aliphatic rings. The summed E-state index contributed by atoms with van der Waals surface area (Å²) < 4.78 is 1.65. The van der Waals surface area contributed by atoms with Crippen LogP contribution in [0.5, 0.6) is 5.75 Å². The Morgan fingerprint density at radius 2 is 1.92 bits per heavy atom. The summed E-state index contributed by atoms with van der Waals surface area (Å²) in [7, 11) is 0. The number of nitrogens with zero attached hydrogens (tertiary/aromatic N) is 9. The molecule has 0 spiro atoms. The highest BCUT2D eigenvalue weighted by Gasteiger charge is 2.41. The molecule has 11 heteroatoms. The number of hydrogen-bond acceptors (Lipinski definition) is 10.